The highest BCUT2D eigenvalue weighted by molar-refractivity contribution is 9.11. The molecule has 3 unspecified atom stereocenters. The Hall–Kier alpha value is -1.41. The van der Waals surface area contributed by atoms with Gasteiger partial charge in [0.15, 0.2) is 6.10 Å². The van der Waals surface area contributed by atoms with Gasteiger partial charge in [-0.3, -0.25) is 0 Å². The highest BCUT2D eigenvalue weighted by atomic mass is 79.9. The first-order valence-corrected chi connectivity index (χ1v) is 11.6. The molecule has 3 atom stereocenters. The van der Waals surface area contributed by atoms with Gasteiger partial charge >= 0.3 is 5.97 Å². The molecule has 0 amide bonds. The van der Waals surface area contributed by atoms with Crippen LogP contribution < -0.4 is 9.47 Å². The van der Waals surface area contributed by atoms with Gasteiger partial charge in [0.25, 0.3) is 0 Å². The Kier molecular flexibility index (Phi) is 9.59. The normalized spacial score (nSPS) is 21.1. The summed E-state index contributed by atoms with van der Waals surface area (Å²) in [7, 11) is 0. The first kappa shape index (κ1) is 25.2. The molecule has 32 heavy (non-hydrogen) atoms. The van der Waals surface area contributed by atoms with Crippen molar-refractivity contribution in [3.8, 4) is 11.5 Å². The van der Waals surface area contributed by atoms with Gasteiger partial charge in [0, 0.05) is 19.0 Å². The van der Waals surface area contributed by atoms with E-state index in [4.69, 9.17) is 28.8 Å². The maximum atomic E-state index is 11.3. The van der Waals surface area contributed by atoms with Crippen LogP contribution in [0.5, 0.6) is 11.5 Å². The molecule has 12 heteroatoms. The molecule has 0 spiro atoms. The summed E-state index contributed by atoms with van der Waals surface area (Å²) < 4.78 is 29.1. The fourth-order valence-electron chi connectivity index (χ4n) is 3.22. The molecule has 10 nitrogen and oxygen atoms in total. The topological polar surface area (TPSA) is 140 Å². The van der Waals surface area contributed by atoms with Crippen molar-refractivity contribution in [1.82, 2.24) is 4.98 Å². The number of rotatable bonds is 12. The van der Waals surface area contributed by atoms with Crippen LogP contribution in [0, 0.1) is 0 Å². The van der Waals surface area contributed by atoms with E-state index in [1.807, 2.05) is 6.07 Å². The lowest BCUT2D eigenvalue weighted by Gasteiger charge is -2.30. The number of nitrogens with one attached hydrogen (secondary N) is 1. The van der Waals surface area contributed by atoms with E-state index < -0.39 is 24.5 Å². The van der Waals surface area contributed by atoms with E-state index >= 15 is 0 Å². The van der Waals surface area contributed by atoms with Crippen LogP contribution in [0.25, 0.3) is 10.9 Å². The lowest BCUT2D eigenvalue weighted by molar-refractivity contribution is -0.195. The Morgan fingerprint density at radius 3 is 2.59 bits per heavy atom. The second-order valence-corrected chi connectivity index (χ2v) is 8.66. The third kappa shape index (κ3) is 6.56. The zero-order chi connectivity index (χ0) is 23.1. The third-order valence-corrected chi connectivity index (χ3v) is 6.01. The lowest BCUT2D eigenvalue weighted by atomic mass is 10.1. The maximum absolute atomic E-state index is 11.3. The minimum absolute atomic E-state index is 0.0212. The lowest BCUT2D eigenvalue weighted by Crippen LogP contribution is -2.42. The van der Waals surface area contributed by atoms with Crippen molar-refractivity contribution < 1.29 is 43.8 Å². The average Bonchev–Trinajstić information content (AvgIpc) is 3.13. The smallest absolute Gasteiger partial charge is 0.333 e. The van der Waals surface area contributed by atoms with Crippen molar-refractivity contribution in [2.24, 2.45) is 0 Å². The number of aromatic amines is 1. The fraction of sp³-hybridized carbons (Fsp3) is 0.550. The monoisotopic (exact) mass is 581 g/mol. The average molecular weight is 583 g/mol. The van der Waals surface area contributed by atoms with Crippen molar-refractivity contribution in [3.05, 3.63) is 21.2 Å². The van der Waals surface area contributed by atoms with Crippen molar-refractivity contribution in [2.75, 3.05) is 39.6 Å². The van der Waals surface area contributed by atoms with Gasteiger partial charge in [-0.25, -0.2) is 4.79 Å². The standard InChI is InChI=1S/C20H25Br2NO9/c21-12-9-13-17(18(22)19(12)30-6-5-29-4-3-28-2-1-24)15(10-23-13)32-16-8-11(25)7-14(31-16)20(26)27/h9-11,14,16,23-25H,1-8H2,(H,26,27). The molecule has 178 valence electrons. The zero-order valence-electron chi connectivity index (χ0n) is 17.1. The molecule has 3 rings (SSSR count). The van der Waals surface area contributed by atoms with E-state index in [0.717, 1.165) is 5.52 Å². The number of fused-ring (bicyclic) bond motifs is 1. The van der Waals surface area contributed by atoms with E-state index in [2.05, 4.69) is 36.8 Å². The molecule has 0 saturated carbocycles. The highest BCUT2D eigenvalue weighted by Crippen LogP contribution is 2.44. The van der Waals surface area contributed by atoms with Crippen LogP contribution in [-0.4, -0.2) is 84.4 Å². The number of aliphatic hydroxyl groups excluding tert-OH is 2. The van der Waals surface area contributed by atoms with Crippen LogP contribution in [0.3, 0.4) is 0 Å². The van der Waals surface area contributed by atoms with Gasteiger partial charge in [0.05, 0.1) is 59.0 Å². The van der Waals surface area contributed by atoms with Crippen LogP contribution in [0.4, 0.5) is 0 Å². The Morgan fingerprint density at radius 1 is 1.16 bits per heavy atom. The van der Waals surface area contributed by atoms with E-state index in [1.165, 1.54) is 0 Å². The third-order valence-electron chi connectivity index (χ3n) is 4.66. The Labute approximate surface area is 201 Å². The molecule has 1 fully saturated rings. The van der Waals surface area contributed by atoms with Crippen LogP contribution in [0.1, 0.15) is 12.8 Å². The summed E-state index contributed by atoms with van der Waals surface area (Å²) >= 11 is 7.06. The van der Waals surface area contributed by atoms with E-state index in [0.29, 0.717) is 52.3 Å². The van der Waals surface area contributed by atoms with Gasteiger partial charge in [-0.05, 0) is 37.9 Å². The van der Waals surface area contributed by atoms with Crippen molar-refractivity contribution in [1.29, 1.82) is 0 Å². The summed E-state index contributed by atoms with van der Waals surface area (Å²) in [5.41, 5.74) is 0.759. The number of benzene rings is 1. The first-order valence-electron chi connectivity index (χ1n) is 10.0. The predicted octanol–water partition coefficient (Wildman–Crippen LogP) is 2.43. The number of carboxylic acid groups (broad SMARTS) is 1. The summed E-state index contributed by atoms with van der Waals surface area (Å²) in [4.78, 5) is 14.4. The van der Waals surface area contributed by atoms with Gasteiger partial charge in [-0.1, -0.05) is 0 Å². The number of aromatic nitrogens is 1. The van der Waals surface area contributed by atoms with Gasteiger partial charge in [0.1, 0.15) is 18.1 Å². The Morgan fingerprint density at radius 2 is 1.88 bits per heavy atom. The SMILES string of the molecule is O=C(O)C1CC(O)CC(Oc2c[nH]c3cc(Br)c(OCCOCCOCCO)c(Br)c23)O1. The number of carbonyl (C=O) groups is 1. The molecule has 0 bridgehead atoms. The number of hydrogen-bond donors (Lipinski definition) is 4. The van der Waals surface area contributed by atoms with E-state index in [1.54, 1.807) is 6.20 Å². The minimum atomic E-state index is -1.14. The summed E-state index contributed by atoms with van der Waals surface area (Å²) in [5, 5.41) is 28.5. The number of aliphatic carboxylic acids is 1. The highest BCUT2D eigenvalue weighted by Gasteiger charge is 2.34. The molecule has 4 N–H and O–H groups in total. The second kappa shape index (κ2) is 12.2. The first-order chi connectivity index (χ1) is 15.4. The number of halogens is 2. The van der Waals surface area contributed by atoms with Gasteiger partial charge in [0.2, 0.25) is 6.29 Å². The molecule has 2 aromatic rings. The predicted molar refractivity (Wildman–Crippen MR) is 120 cm³/mol. The van der Waals surface area contributed by atoms with E-state index in [-0.39, 0.29) is 26.1 Å². The van der Waals surface area contributed by atoms with Gasteiger partial charge < -0.3 is 44.0 Å². The number of aliphatic hydroxyl groups is 2. The molecule has 1 saturated heterocycles. The summed E-state index contributed by atoms with van der Waals surface area (Å²) in [6.45, 7) is 1.69. The van der Waals surface area contributed by atoms with Crippen LogP contribution in [0.15, 0.2) is 21.2 Å². The van der Waals surface area contributed by atoms with Crippen molar-refractivity contribution >= 4 is 48.7 Å². The number of hydrogen-bond acceptors (Lipinski definition) is 8. The molecule has 1 aliphatic rings. The molecule has 2 heterocycles. The minimum Gasteiger partial charge on any atom is -0.489 e. The Balaban J connectivity index is 1.65. The van der Waals surface area contributed by atoms with Crippen LogP contribution in [0.2, 0.25) is 0 Å². The maximum Gasteiger partial charge on any atom is 0.333 e. The van der Waals surface area contributed by atoms with E-state index in [9.17, 15) is 15.0 Å². The zero-order valence-corrected chi connectivity index (χ0v) is 20.3. The number of H-pyrrole nitrogens is 1. The molecule has 1 aliphatic heterocycles. The fourth-order valence-corrected chi connectivity index (χ4v) is 4.77. The summed E-state index contributed by atoms with van der Waals surface area (Å²) in [5.74, 6) is -0.154. The van der Waals surface area contributed by atoms with Crippen molar-refractivity contribution in [3.63, 3.8) is 0 Å². The van der Waals surface area contributed by atoms with Crippen LogP contribution in [-0.2, 0) is 19.0 Å². The summed E-state index contributed by atoms with van der Waals surface area (Å²) in [6, 6.07) is 1.84. The molecular formula is C20H25Br2NO9. The van der Waals surface area contributed by atoms with Crippen molar-refractivity contribution in [2.45, 2.75) is 31.3 Å². The Bertz CT molecular complexity index is 907. The number of carboxylic acids is 1. The van der Waals surface area contributed by atoms with Crippen LogP contribution >= 0.6 is 31.9 Å². The molecular weight excluding hydrogens is 558 g/mol. The molecule has 0 aliphatic carbocycles. The molecule has 1 aromatic heterocycles. The molecule has 1 aromatic carbocycles. The quantitative estimate of drug-likeness (QED) is 0.278. The largest absolute Gasteiger partial charge is 0.489 e. The van der Waals surface area contributed by atoms with Gasteiger partial charge in [-0.15, -0.1) is 0 Å². The summed E-state index contributed by atoms with van der Waals surface area (Å²) in [6.07, 6.45) is -1.03. The second-order valence-electron chi connectivity index (χ2n) is 7.01. The van der Waals surface area contributed by atoms with Gasteiger partial charge in [-0.2, -0.15) is 0 Å². The number of ether oxygens (including phenoxy) is 5. The molecule has 0 radical (unpaired) electrons.